The summed E-state index contributed by atoms with van der Waals surface area (Å²) in [4.78, 5) is 11.8. The quantitative estimate of drug-likeness (QED) is 0.700. The number of hydrogen-bond acceptors (Lipinski definition) is 5. The number of rotatable bonds is 4. The Morgan fingerprint density at radius 1 is 1.19 bits per heavy atom. The molecule has 1 heterocycles. The van der Waals surface area contributed by atoms with Crippen molar-refractivity contribution in [2.45, 2.75) is 12.8 Å². The van der Waals surface area contributed by atoms with Crippen LogP contribution in [0.3, 0.4) is 0 Å². The molecule has 0 aliphatic heterocycles. The number of nitrogens with zero attached hydrogens (tertiary/aromatic N) is 2. The number of aromatic hydroxyl groups is 2. The van der Waals surface area contributed by atoms with E-state index in [1.54, 1.807) is 31.2 Å². The van der Waals surface area contributed by atoms with E-state index in [1.807, 2.05) is 0 Å². The Morgan fingerprint density at radius 2 is 1.92 bits per heavy atom. The van der Waals surface area contributed by atoms with Gasteiger partial charge in [-0.25, -0.2) is 9.07 Å². The number of phenols is 2. The van der Waals surface area contributed by atoms with Crippen LogP contribution in [0.15, 0.2) is 48.7 Å². The molecule has 3 aromatic rings. The van der Waals surface area contributed by atoms with Gasteiger partial charge in [0.25, 0.3) is 0 Å². The lowest BCUT2D eigenvalue weighted by atomic mass is 9.96. The van der Waals surface area contributed by atoms with Gasteiger partial charge in [0, 0.05) is 17.2 Å². The number of methoxy groups -OCH3 is 1. The Morgan fingerprint density at radius 3 is 2.62 bits per heavy atom. The van der Waals surface area contributed by atoms with Crippen LogP contribution in [-0.4, -0.2) is 33.1 Å². The molecule has 2 aromatic carbocycles. The average molecular weight is 356 g/mol. The summed E-state index contributed by atoms with van der Waals surface area (Å²) >= 11 is 0. The van der Waals surface area contributed by atoms with E-state index < -0.39 is 17.7 Å². The molecule has 0 aliphatic rings. The molecule has 6 nitrogen and oxygen atoms in total. The molecule has 0 saturated heterocycles. The van der Waals surface area contributed by atoms with Crippen molar-refractivity contribution in [1.29, 1.82) is 0 Å². The molecule has 0 radical (unpaired) electrons. The molecule has 2 N–H and O–H groups in total. The first-order valence-corrected chi connectivity index (χ1v) is 7.87. The summed E-state index contributed by atoms with van der Waals surface area (Å²) in [6.07, 6.45) is 1.47. The Balaban J connectivity index is 2.16. The van der Waals surface area contributed by atoms with E-state index in [1.165, 1.54) is 30.1 Å². The lowest BCUT2D eigenvalue weighted by Crippen LogP contribution is -2.11. The van der Waals surface area contributed by atoms with Gasteiger partial charge in [-0.05, 0) is 31.2 Å². The van der Waals surface area contributed by atoms with Crippen molar-refractivity contribution in [2.75, 3.05) is 7.11 Å². The van der Waals surface area contributed by atoms with Crippen molar-refractivity contribution in [2.24, 2.45) is 0 Å². The van der Waals surface area contributed by atoms with Gasteiger partial charge >= 0.3 is 5.97 Å². The minimum Gasteiger partial charge on any atom is -0.508 e. The van der Waals surface area contributed by atoms with Gasteiger partial charge < -0.3 is 14.9 Å². The Labute approximate surface area is 149 Å². The summed E-state index contributed by atoms with van der Waals surface area (Å²) in [6.45, 7) is 1.58. The fourth-order valence-corrected chi connectivity index (χ4v) is 2.77. The van der Waals surface area contributed by atoms with Crippen LogP contribution in [0.1, 0.15) is 18.4 Å². The van der Waals surface area contributed by atoms with Gasteiger partial charge in [0.2, 0.25) is 0 Å². The minimum absolute atomic E-state index is 0.211. The first-order valence-electron chi connectivity index (χ1n) is 7.87. The molecule has 1 unspecified atom stereocenters. The van der Waals surface area contributed by atoms with E-state index in [0.717, 1.165) is 6.07 Å². The molecular weight excluding hydrogens is 339 g/mol. The molecule has 0 fully saturated rings. The first-order chi connectivity index (χ1) is 12.4. The normalized spacial score (nSPS) is 12.0. The van der Waals surface area contributed by atoms with E-state index in [2.05, 4.69) is 5.10 Å². The summed E-state index contributed by atoms with van der Waals surface area (Å²) in [6, 6.07) is 10.3. The van der Waals surface area contributed by atoms with Gasteiger partial charge in [0.05, 0.1) is 24.9 Å². The second-order valence-electron chi connectivity index (χ2n) is 5.75. The van der Waals surface area contributed by atoms with E-state index in [9.17, 15) is 19.4 Å². The van der Waals surface area contributed by atoms with Crippen LogP contribution in [0, 0.1) is 5.82 Å². The number of hydrogen-bond donors (Lipinski definition) is 2. The number of ether oxygens (including phenoxy) is 1. The maximum Gasteiger partial charge on any atom is 0.312 e. The molecule has 3 rings (SSSR count). The molecule has 1 aromatic heterocycles. The number of para-hydroxylation sites is 1. The number of aromatic nitrogens is 2. The second-order valence-corrected chi connectivity index (χ2v) is 5.75. The second kappa shape index (κ2) is 6.87. The largest absolute Gasteiger partial charge is 0.508 e. The van der Waals surface area contributed by atoms with E-state index >= 15 is 0 Å². The predicted octanol–water partition coefficient (Wildman–Crippen LogP) is 3.37. The Bertz CT molecular complexity index is 968. The SMILES string of the molecule is COC(=O)C(C)c1cc(-c2ccnn2-c2ccccc2F)c(O)cc1O. The summed E-state index contributed by atoms with van der Waals surface area (Å²) in [5.74, 6) is -2.20. The molecule has 0 amide bonds. The molecule has 7 heteroatoms. The van der Waals surface area contributed by atoms with Gasteiger partial charge in [0.1, 0.15) is 23.0 Å². The standard InChI is InChI=1S/C19H17FN2O4/c1-11(19(25)26-2)12-9-13(18(24)10-17(12)23)15-7-8-21-22(15)16-6-4-3-5-14(16)20/h3-11,23-24H,1-2H3. The van der Waals surface area contributed by atoms with Crippen LogP contribution in [0.5, 0.6) is 11.5 Å². The van der Waals surface area contributed by atoms with Gasteiger partial charge in [-0.15, -0.1) is 0 Å². The highest BCUT2D eigenvalue weighted by atomic mass is 19.1. The summed E-state index contributed by atoms with van der Waals surface area (Å²) < 4.78 is 20.2. The zero-order valence-electron chi connectivity index (χ0n) is 14.2. The highest BCUT2D eigenvalue weighted by Crippen LogP contribution is 2.38. The maximum atomic E-state index is 14.1. The third-order valence-corrected chi connectivity index (χ3v) is 4.17. The van der Waals surface area contributed by atoms with Gasteiger partial charge in [-0.2, -0.15) is 5.10 Å². The van der Waals surface area contributed by atoms with Crippen molar-refractivity contribution in [3.05, 3.63) is 60.0 Å². The molecule has 0 spiro atoms. The average Bonchev–Trinajstić information content (AvgIpc) is 3.10. The molecule has 1 atom stereocenters. The number of carbonyl (C=O) groups is 1. The highest BCUT2D eigenvalue weighted by Gasteiger charge is 2.23. The summed E-state index contributed by atoms with van der Waals surface area (Å²) in [5, 5.41) is 24.5. The summed E-state index contributed by atoms with van der Waals surface area (Å²) in [5.41, 5.74) is 1.20. The van der Waals surface area contributed by atoms with Crippen molar-refractivity contribution < 1.29 is 24.1 Å². The van der Waals surface area contributed by atoms with Crippen molar-refractivity contribution in [1.82, 2.24) is 9.78 Å². The number of halogens is 1. The highest BCUT2D eigenvalue weighted by molar-refractivity contribution is 5.81. The fraction of sp³-hybridized carbons (Fsp3) is 0.158. The maximum absolute atomic E-state index is 14.1. The van der Waals surface area contributed by atoms with Crippen molar-refractivity contribution in [3.8, 4) is 28.4 Å². The van der Waals surface area contributed by atoms with E-state index in [0.29, 0.717) is 11.3 Å². The number of phenolic OH excluding ortho intramolecular Hbond substituents is 2. The van der Waals surface area contributed by atoms with Crippen LogP contribution in [0.25, 0.3) is 16.9 Å². The zero-order valence-corrected chi connectivity index (χ0v) is 14.2. The van der Waals surface area contributed by atoms with Crippen LogP contribution in [0.2, 0.25) is 0 Å². The van der Waals surface area contributed by atoms with Crippen molar-refractivity contribution in [3.63, 3.8) is 0 Å². The number of esters is 1. The van der Waals surface area contributed by atoms with Crippen LogP contribution in [0.4, 0.5) is 4.39 Å². The minimum atomic E-state index is -0.746. The number of carbonyl (C=O) groups excluding carboxylic acids is 1. The third kappa shape index (κ3) is 2.99. The molecule has 0 aliphatic carbocycles. The predicted molar refractivity (Wildman–Crippen MR) is 92.7 cm³/mol. The fourth-order valence-electron chi connectivity index (χ4n) is 2.77. The monoisotopic (exact) mass is 356 g/mol. The van der Waals surface area contributed by atoms with Crippen molar-refractivity contribution >= 4 is 5.97 Å². The van der Waals surface area contributed by atoms with Gasteiger partial charge in [-0.3, -0.25) is 4.79 Å². The third-order valence-electron chi connectivity index (χ3n) is 4.17. The van der Waals surface area contributed by atoms with Crippen LogP contribution >= 0.6 is 0 Å². The summed E-state index contributed by atoms with van der Waals surface area (Å²) in [7, 11) is 1.25. The lowest BCUT2D eigenvalue weighted by molar-refractivity contribution is -0.142. The van der Waals surface area contributed by atoms with Gasteiger partial charge in [0.15, 0.2) is 0 Å². The molecular formula is C19H17FN2O4. The molecule has 26 heavy (non-hydrogen) atoms. The van der Waals surface area contributed by atoms with Crippen LogP contribution < -0.4 is 0 Å². The van der Waals surface area contributed by atoms with Crippen LogP contribution in [-0.2, 0) is 9.53 Å². The number of benzene rings is 2. The Hall–Kier alpha value is -3.35. The van der Waals surface area contributed by atoms with E-state index in [4.69, 9.17) is 4.74 Å². The van der Waals surface area contributed by atoms with Gasteiger partial charge in [-0.1, -0.05) is 12.1 Å². The molecule has 134 valence electrons. The topological polar surface area (TPSA) is 84.6 Å². The molecule has 0 bridgehead atoms. The zero-order chi connectivity index (χ0) is 18.8. The first kappa shape index (κ1) is 17.5. The molecule has 0 saturated carbocycles. The van der Waals surface area contributed by atoms with E-state index in [-0.39, 0.29) is 22.7 Å². The smallest absolute Gasteiger partial charge is 0.312 e. The Kier molecular flexibility index (Phi) is 4.62. The lowest BCUT2D eigenvalue weighted by Gasteiger charge is -2.15.